The van der Waals surface area contributed by atoms with E-state index >= 15 is 0 Å². The molecule has 1 aromatic heterocycles. The molecule has 4 aromatic rings. The SMILES string of the molecule is NC(=O)c1ccccc1NC(=O)COC(=O)c1cc(-c2ccc(Br)cc2)nc2ccccc12. The lowest BCUT2D eigenvalue weighted by Gasteiger charge is -2.11. The number of amides is 2. The lowest BCUT2D eigenvalue weighted by Crippen LogP contribution is -2.23. The van der Waals surface area contributed by atoms with Crippen LogP contribution in [0.4, 0.5) is 5.69 Å². The van der Waals surface area contributed by atoms with Gasteiger partial charge in [0.25, 0.3) is 11.8 Å². The van der Waals surface area contributed by atoms with Crippen LogP contribution in [0.25, 0.3) is 22.2 Å². The van der Waals surface area contributed by atoms with Crippen LogP contribution < -0.4 is 11.1 Å². The number of fused-ring (bicyclic) bond motifs is 1. The van der Waals surface area contributed by atoms with Gasteiger partial charge in [-0.1, -0.05) is 58.4 Å². The fourth-order valence-electron chi connectivity index (χ4n) is 3.31. The van der Waals surface area contributed by atoms with Crippen LogP contribution in [0.1, 0.15) is 20.7 Å². The van der Waals surface area contributed by atoms with Crippen molar-refractivity contribution in [3.8, 4) is 11.3 Å². The second-order valence-electron chi connectivity index (χ2n) is 7.11. The third kappa shape index (κ3) is 5.07. The molecule has 2 amide bonds. The highest BCUT2D eigenvalue weighted by Gasteiger charge is 2.17. The molecule has 0 saturated heterocycles. The minimum absolute atomic E-state index is 0.163. The van der Waals surface area contributed by atoms with Gasteiger partial charge in [-0.05, 0) is 36.4 Å². The van der Waals surface area contributed by atoms with Gasteiger partial charge in [0, 0.05) is 15.4 Å². The summed E-state index contributed by atoms with van der Waals surface area (Å²) in [7, 11) is 0. The summed E-state index contributed by atoms with van der Waals surface area (Å²) in [4.78, 5) is 41.4. The van der Waals surface area contributed by atoms with Crippen LogP contribution in [0.2, 0.25) is 0 Å². The number of nitrogens with two attached hydrogens (primary N) is 1. The van der Waals surface area contributed by atoms with Gasteiger partial charge in [0.15, 0.2) is 6.61 Å². The van der Waals surface area contributed by atoms with Gasteiger partial charge in [-0.25, -0.2) is 9.78 Å². The Morgan fingerprint density at radius 1 is 0.909 bits per heavy atom. The number of aromatic nitrogens is 1. The molecule has 7 nitrogen and oxygen atoms in total. The number of primary amides is 1. The monoisotopic (exact) mass is 503 g/mol. The maximum Gasteiger partial charge on any atom is 0.339 e. The number of rotatable bonds is 6. The predicted molar refractivity (Wildman–Crippen MR) is 129 cm³/mol. The van der Waals surface area contributed by atoms with Crippen molar-refractivity contribution in [2.24, 2.45) is 5.73 Å². The lowest BCUT2D eigenvalue weighted by molar-refractivity contribution is -0.119. The summed E-state index contributed by atoms with van der Waals surface area (Å²) in [6.45, 7) is -0.532. The van der Waals surface area contributed by atoms with E-state index in [1.165, 1.54) is 6.07 Å². The topological polar surface area (TPSA) is 111 Å². The summed E-state index contributed by atoms with van der Waals surface area (Å²) in [5, 5.41) is 3.16. The predicted octanol–water partition coefficient (Wildman–Crippen LogP) is 4.56. The molecule has 0 fully saturated rings. The maximum atomic E-state index is 12.9. The van der Waals surface area contributed by atoms with Crippen LogP contribution in [0.5, 0.6) is 0 Å². The summed E-state index contributed by atoms with van der Waals surface area (Å²) < 4.78 is 6.20. The van der Waals surface area contributed by atoms with E-state index in [0.717, 1.165) is 10.0 Å². The van der Waals surface area contributed by atoms with E-state index in [1.807, 2.05) is 36.4 Å². The minimum atomic E-state index is -0.674. The van der Waals surface area contributed by atoms with Crippen LogP contribution in [0, 0.1) is 0 Å². The van der Waals surface area contributed by atoms with Crippen molar-refractivity contribution in [2.45, 2.75) is 0 Å². The Labute approximate surface area is 197 Å². The minimum Gasteiger partial charge on any atom is -0.452 e. The molecule has 8 heteroatoms. The number of esters is 1. The number of carbonyl (C=O) groups excluding carboxylic acids is 3. The Balaban J connectivity index is 1.56. The molecule has 0 spiro atoms. The second-order valence-corrected chi connectivity index (χ2v) is 8.03. The molecule has 0 aliphatic heterocycles. The third-order valence-electron chi connectivity index (χ3n) is 4.88. The highest BCUT2D eigenvalue weighted by atomic mass is 79.9. The molecule has 0 radical (unpaired) electrons. The van der Waals surface area contributed by atoms with Crippen molar-refractivity contribution in [3.05, 3.63) is 94.5 Å². The zero-order chi connectivity index (χ0) is 23.4. The summed E-state index contributed by atoms with van der Waals surface area (Å²) in [6.07, 6.45) is 0. The summed E-state index contributed by atoms with van der Waals surface area (Å²) in [5.74, 6) is -1.93. The zero-order valence-electron chi connectivity index (χ0n) is 17.2. The molecule has 0 saturated carbocycles. The molecule has 3 N–H and O–H groups in total. The van der Waals surface area contributed by atoms with Crippen LogP contribution in [-0.2, 0) is 9.53 Å². The Kier molecular flexibility index (Phi) is 6.46. The first-order valence-electron chi connectivity index (χ1n) is 9.94. The highest BCUT2D eigenvalue weighted by Crippen LogP contribution is 2.26. The molecule has 4 rings (SSSR count). The Bertz CT molecular complexity index is 1370. The number of ether oxygens (including phenoxy) is 1. The number of carbonyl (C=O) groups is 3. The Hall–Kier alpha value is -4.04. The van der Waals surface area contributed by atoms with Gasteiger partial charge in [-0.15, -0.1) is 0 Å². The molecule has 0 atom stereocenters. The number of hydrogen-bond donors (Lipinski definition) is 2. The zero-order valence-corrected chi connectivity index (χ0v) is 18.8. The molecule has 0 bridgehead atoms. The number of nitrogens with zero attached hydrogens (tertiary/aromatic N) is 1. The van der Waals surface area contributed by atoms with Gasteiger partial charge in [0.05, 0.1) is 28.0 Å². The molecule has 1 heterocycles. The molecule has 0 aliphatic carbocycles. The van der Waals surface area contributed by atoms with E-state index in [0.29, 0.717) is 22.2 Å². The van der Waals surface area contributed by atoms with Gasteiger partial charge in [-0.3, -0.25) is 9.59 Å². The number of benzene rings is 3. The van der Waals surface area contributed by atoms with Crippen molar-refractivity contribution in [1.29, 1.82) is 0 Å². The molecule has 164 valence electrons. The van der Waals surface area contributed by atoms with E-state index in [1.54, 1.807) is 36.4 Å². The number of anilines is 1. The molecule has 0 unspecified atom stereocenters. The van der Waals surface area contributed by atoms with Crippen LogP contribution in [0.3, 0.4) is 0 Å². The smallest absolute Gasteiger partial charge is 0.339 e. The quantitative estimate of drug-likeness (QED) is 0.374. The maximum absolute atomic E-state index is 12.9. The lowest BCUT2D eigenvalue weighted by atomic mass is 10.0. The van der Waals surface area contributed by atoms with Crippen LogP contribution in [-0.4, -0.2) is 29.4 Å². The van der Waals surface area contributed by atoms with E-state index in [2.05, 4.69) is 26.2 Å². The van der Waals surface area contributed by atoms with E-state index in [9.17, 15) is 14.4 Å². The average molecular weight is 504 g/mol. The van der Waals surface area contributed by atoms with Gasteiger partial charge in [0.2, 0.25) is 0 Å². The highest BCUT2D eigenvalue weighted by molar-refractivity contribution is 9.10. The number of halogens is 1. The third-order valence-corrected chi connectivity index (χ3v) is 5.41. The van der Waals surface area contributed by atoms with Gasteiger partial charge >= 0.3 is 5.97 Å². The first-order valence-corrected chi connectivity index (χ1v) is 10.7. The van der Waals surface area contributed by atoms with E-state index < -0.39 is 24.4 Å². The molecular weight excluding hydrogens is 486 g/mol. The number of pyridine rings is 1. The van der Waals surface area contributed by atoms with Gasteiger partial charge < -0.3 is 15.8 Å². The Morgan fingerprint density at radius 3 is 2.36 bits per heavy atom. The fraction of sp³-hybridized carbons (Fsp3) is 0.0400. The summed E-state index contributed by atoms with van der Waals surface area (Å²) >= 11 is 3.41. The molecule has 0 aliphatic rings. The van der Waals surface area contributed by atoms with Crippen LogP contribution in [0.15, 0.2) is 83.3 Å². The first-order chi connectivity index (χ1) is 15.9. The van der Waals surface area contributed by atoms with Crippen molar-refractivity contribution in [3.63, 3.8) is 0 Å². The van der Waals surface area contributed by atoms with Crippen molar-refractivity contribution < 1.29 is 19.1 Å². The number of para-hydroxylation sites is 2. The fourth-order valence-corrected chi connectivity index (χ4v) is 3.58. The summed E-state index contributed by atoms with van der Waals surface area (Å²) in [5.41, 5.74) is 8.10. The van der Waals surface area contributed by atoms with Crippen molar-refractivity contribution in [1.82, 2.24) is 4.98 Å². The van der Waals surface area contributed by atoms with E-state index in [4.69, 9.17) is 10.5 Å². The summed E-state index contributed by atoms with van der Waals surface area (Å²) in [6, 6.07) is 22.7. The molecular formula is C25H18BrN3O4. The van der Waals surface area contributed by atoms with Crippen LogP contribution >= 0.6 is 15.9 Å². The standard InChI is InChI=1S/C25H18BrN3O4/c26-16-11-9-15(10-12-16)22-13-19(17-5-1-3-7-20(17)28-22)25(32)33-14-23(30)29-21-8-4-2-6-18(21)24(27)31/h1-13H,14H2,(H2,27,31)(H,29,30). The van der Waals surface area contributed by atoms with Gasteiger partial charge in [0.1, 0.15) is 0 Å². The number of hydrogen-bond acceptors (Lipinski definition) is 5. The van der Waals surface area contributed by atoms with Crippen molar-refractivity contribution in [2.75, 3.05) is 11.9 Å². The Morgan fingerprint density at radius 2 is 1.61 bits per heavy atom. The van der Waals surface area contributed by atoms with Crippen molar-refractivity contribution >= 4 is 50.3 Å². The average Bonchev–Trinajstić information content (AvgIpc) is 2.82. The first kappa shape index (κ1) is 22.2. The number of nitrogens with one attached hydrogen (secondary N) is 1. The normalized spacial score (nSPS) is 10.6. The molecule has 3 aromatic carbocycles. The van der Waals surface area contributed by atoms with E-state index in [-0.39, 0.29) is 11.3 Å². The second kappa shape index (κ2) is 9.62. The van der Waals surface area contributed by atoms with Gasteiger partial charge in [-0.2, -0.15) is 0 Å². The molecule has 33 heavy (non-hydrogen) atoms. The largest absolute Gasteiger partial charge is 0.452 e.